The summed E-state index contributed by atoms with van der Waals surface area (Å²) in [5, 5.41) is 9.19. The first-order valence-corrected chi connectivity index (χ1v) is 8.34. The van der Waals surface area contributed by atoms with Crippen molar-refractivity contribution in [2.75, 3.05) is 6.54 Å². The molecule has 26 heavy (non-hydrogen) atoms. The topological polar surface area (TPSA) is 102 Å². The summed E-state index contributed by atoms with van der Waals surface area (Å²) in [6, 6.07) is 9.60. The normalized spacial score (nSPS) is 16.6. The summed E-state index contributed by atoms with van der Waals surface area (Å²) in [4.78, 5) is 49.6. The number of aromatic nitrogens is 2. The van der Waals surface area contributed by atoms with Crippen LogP contribution in [0.1, 0.15) is 18.4 Å². The molecule has 2 heterocycles. The van der Waals surface area contributed by atoms with Crippen LogP contribution in [0.15, 0.2) is 52.2 Å². The zero-order chi connectivity index (χ0) is 18.7. The Bertz CT molecular complexity index is 932. The minimum Gasteiger partial charge on any atom is -0.480 e. The van der Waals surface area contributed by atoms with E-state index in [-0.39, 0.29) is 6.54 Å². The van der Waals surface area contributed by atoms with Gasteiger partial charge in [-0.2, -0.15) is 0 Å². The van der Waals surface area contributed by atoms with Crippen LogP contribution in [-0.4, -0.2) is 43.6 Å². The number of carboxylic acids is 1. The lowest BCUT2D eigenvalue weighted by atomic mass is 10.2. The van der Waals surface area contributed by atoms with Crippen LogP contribution in [0.4, 0.5) is 0 Å². The molecule has 1 fully saturated rings. The van der Waals surface area contributed by atoms with Gasteiger partial charge < -0.3 is 10.0 Å². The lowest BCUT2D eigenvalue weighted by molar-refractivity contribution is -0.148. The number of hydrogen-bond donors (Lipinski definition) is 1. The van der Waals surface area contributed by atoms with Crippen molar-refractivity contribution in [3.8, 4) is 0 Å². The van der Waals surface area contributed by atoms with Crippen LogP contribution < -0.4 is 11.2 Å². The molecular weight excluding hydrogens is 338 g/mol. The SMILES string of the molecule is O=C(O)[C@@H]1CCCN1C(=O)Cn1c(=O)ccn(Cc2ccccc2)c1=O. The molecule has 0 spiro atoms. The number of likely N-dealkylation sites (tertiary alicyclic amines) is 1. The molecule has 2 aromatic rings. The third-order valence-corrected chi connectivity index (χ3v) is 4.49. The standard InChI is InChI=1S/C18H19N3O5/c22-15-8-10-19(11-13-5-2-1-3-6-13)18(26)21(15)12-16(23)20-9-4-7-14(20)17(24)25/h1-3,5-6,8,10,14H,4,7,9,11-12H2,(H,24,25)/t14-/m0/s1. The van der Waals surface area contributed by atoms with Gasteiger partial charge in [0.15, 0.2) is 0 Å². The van der Waals surface area contributed by atoms with Gasteiger partial charge in [0.05, 0.1) is 6.54 Å². The molecule has 1 amide bonds. The number of carbonyl (C=O) groups excluding carboxylic acids is 1. The molecular formula is C18H19N3O5. The molecule has 1 aliphatic rings. The summed E-state index contributed by atoms with van der Waals surface area (Å²) >= 11 is 0. The van der Waals surface area contributed by atoms with Crippen LogP contribution in [0.25, 0.3) is 0 Å². The zero-order valence-electron chi connectivity index (χ0n) is 14.1. The molecule has 1 atom stereocenters. The highest BCUT2D eigenvalue weighted by Crippen LogP contribution is 2.17. The van der Waals surface area contributed by atoms with Crippen LogP contribution in [0.2, 0.25) is 0 Å². The van der Waals surface area contributed by atoms with Gasteiger partial charge in [0.2, 0.25) is 5.91 Å². The van der Waals surface area contributed by atoms with Gasteiger partial charge in [0.1, 0.15) is 12.6 Å². The average Bonchev–Trinajstić information content (AvgIpc) is 3.12. The largest absolute Gasteiger partial charge is 0.480 e. The maximum Gasteiger partial charge on any atom is 0.331 e. The van der Waals surface area contributed by atoms with Crippen molar-refractivity contribution < 1.29 is 14.7 Å². The van der Waals surface area contributed by atoms with Crippen molar-refractivity contribution in [2.45, 2.75) is 32.0 Å². The van der Waals surface area contributed by atoms with Crippen LogP contribution >= 0.6 is 0 Å². The molecule has 1 aromatic heterocycles. The number of amides is 1. The second-order valence-electron chi connectivity index (χ2n) is 6.22. The van der Waals surface area contributed by atoms with Crippen LogP contribution in [0.5, 0.6) is 0 Å². The average molecular weight is 357 g/mol. The van der Waals surface area contributed by atoms with E-state index >= 15 is 0 Å². The highest BCUT2D eigenvalue weighted by molar-refractivity contribution is 5.84. The fraction of sp³-hybridized carbons (Fsp3) is 0.333. The summed E-state index contributed by atoms with van der Waals surface area (Å²) in [7, 11) is 0. The number of nitrogens with zero attached hydrogens (tertiary/aromatic N) is 3. The smallest absolute Gasteiger partial charge is 0.331 e. The minimum absolute atomic E-state index is 0.273. The van der Waals surface area contributed by atoms with Gasteiger partial charge in [0, 0.05) is 18.8 Å². The number of benzene rings is 1. The van der Waals surface area contributed by atoms with E-state index < -0.39 is 35.7 Å². The molecule has 136 valence electrons. The van der Waals surface area contributed by atoms with E-state index in [4.69, 9.17) is 0 Å². The van der Waals surface area contributed by atoms with E-state index in [1.54, 1.807) is 0 Å². The van der Waals surface area contributed by atoms with Gasteiger partial charge in [-0.1, -0.05) is 30.3 Å². The third kappa shape index (κ3) is 3.58. The van der Waals surface area contributed by atoms with Gasteiger partial charge in [0.25, 0.3) is 5.56 Å². The summed E-state index contributed by atoms with van der Waals surface area (Å²) in [6.45, 7) is 0.127. The molecule has 8 heteroatoms. The second-order valence-corrected chi connectivity index (χ2v) is 6.22. The van der Waals surface area contributed by atoms with Gasteiger partial charge in [-0.3, -0.25) is 18.7 Å². The fourth-order valence-electron chi connectivity index (χ4n) is 3.15. The number of rotatable bonds is 5. The molecule has 0 bridgehead atoms. The Hall–Kier alpha value is -3.16. The van der Waals surface area contributed by atoms with Crippen molar-refractivity contribution >= 4 is 11.9 Å². The van der Waals surface area contributed by atoms with E-state index in [0.717, 1.165) is 10.1 Å². The van der Waals surface area contributed by atoms with E-state index in [1.807, 2.05) is 30.3 Å². The Kier molecular flexibility index (Phi) is 5.01. The number of carboxylic acid groups (broad SMARTS) is 1. The van der Waals surface area contributed by atoms with Gasteiger partial charge in [-0.05, 0) is 18.4 Å². The first-order valence-electron chi connectivity index (χ1n) is 8.34. The fourth-order valence-corrected chi connectivity index (χ4v) is 3.15. The molecule has 0 saturated carbocycles. The van der Waals surface area contributed by atoms with Crippen LogP contribution in [0.3, 0.4) is 0 Å². The molecule has 1 aromatic carbocycles. The number of carbonyl (C=O) groups is 2. The molecule has 0 aliphatic carbocycles. The highest BCUT2D eigenvalue weighted by Gasteiger charge is 2.34. The maximum absolute atomic E-state index is 12.6. The summed E-state index contributed by atoms with van der Waals surface area (Å²) < 4.78 is 2.20. The Morgan fingerprint density at radius 2 is 1.85 bits per heavy atom. The van der Waals surface area contributed by atoms with E-state index in [0.29, 0.717) is 19.4 Å². The zero-order valence-corrected chi connectivity index (χ0v) is 14.1. The van der Waals surface area contributed by atoms with Crippen molar-refractivity contribution in [1.82, 2.24) is 14.0 Å². The number of aliphatic carboxylic acids is 1. The molecule has 1 N–H and O–H groups in total. The van der Waals surface area contributed by atoms with Gasteiger partial charge in [-0.15, -0.1) is 0 Å². The molecule has 3 rings (SSSR count). The quantitative estimate of drug-likeness (QED) is 0.820. The predicted octanol–water partition coefficient (Wildman–Crippen LogP) is 0.134. The lowest BCUT2D eigenvalue weighted by Gasteiger charge is -2.21. The molecule has 8 nitrogen and oxygen atoms in total. The van der Waals surface area contributed by atoms with Gasteiger partial charge in [-0.25, -0.2) is 9.59 Å². The van der Waals surface area contributed by atoms with Crippen molar-refractivity contribution in [2.24, 2.45) is 0 Å². The number of hydrogen-bond acceptors (Lipinski definition) is 4. The Balaban J connectivity index is 1.85. The summed E-state index contributed by atoms with van der Waals surface area (Å²) in [5.74, 6) is -1.61. The second kappa shape index (κ2) is 7.38. The Labute approximate surface area is 148 Å². The highest BCUT2D eigenvalue weighted by atomic mass is 16.4. The maximum atomic E-state index is 12.6. The van der Waals surface area contributed by atoms with E-state index in [1.165, 1.54) is 21.7 Å². The Morgan fingerprint density at radius 3 is 2.54 bits per heavy atom. The van der Waals surface area contributed by atoms with Gasteiger partial charge >= 0.3 is 11.7 Å². The Morgan fingerprint density at radius 1 is 1.12 bits per heavy atom. The summed E-state index contributed by atoms with van der Waals surface area (Å²) in [6.07, 6.45) is 2.36. The monoisotopic (exact) mass is 357 g/mol. The third-order valence-electron chi connectivity index (χ3n) is 4.49. The first kappa shape index (κ1) is 17.7. The van der Waals surface area contributed by atoms with Crippen LogP contribution in [0, 0.1) is 0 Å². The van der Waals surface area contributed by atoms with Crippen molar-refractivity contribution in [3.05, 3.63) is 69.0 Å². The summed E-state index contributed by atoms with van der Waals surface area (Å²) in [5.41, 5.74) is -0.295. The van der Waals surface area contributed by atoms with E-state index in [9.17, 15) is 24.3 Å². The molecule has 1 aliphatic heterocycles. The van der Waals surface area contributed by atoms with Crippen molar-refractivity contribution in [1.29, 1.82) is 0 Å². The minimum atomic E-state index is -1.07. The molecule has 0 unspecified atom stereocenters. The lowest BCUT2D eigenvalue weighted by Crippen LogP contribution is -2.47. The first-order chi connectivity index (χ1) is 12.5. The van der Waals surface area contributed by atoms with Crippen LogP contribution in [-0.2, 0) is 22.7 Å². The van der Waals surface area contributed by atoms with E-state index in [2.05, 4.69) is 0 Å². The predicted molar refractivity (Wildman–Crippen MR) is 92.9 cm³/mol. The molecule has 0 radical (unpaired) electrons. The van der Waals surface area contributed by atoms with Crippen molar-refractivity contribution in [3.63, 3.8) is 0 Å². The molecule has 1 saturated heterocycles.